The second-order valence-corrected chi connectivity index (χ2v) is 8.83. The van der Waals surface area contributed by atoms with Crippen LogP contribution in [0.25, 0.3) is 0 Å². The van der Waals surface area contributed by atoms with Gasteiger partial charge >= 0.3 is 0 Å². The highest BCUT2D eigenvalue weighted by Gasteiger charge is 2.44. The number of carbonyl (C=O) groups excluding carboxylic acids is 2. The molecule has 4 rings (SSSR count). The average molecular weight is 528 g/mol. The molecule has 1 saturated heterocycles. The normalized spacial score (nSPS) is 15.3. The van der Waals surface area contributed by atoms with Crippen LogP contribution in [0.3, 0.4) is 0 Å². The highest BCUT2D eigenvalue weighted by atomic mass is 35.5. The molecule has 0 aromatic heterocycles. The molecule has 1 N–H and O–H groups in total. The van der Waals surface area contributed by atoms with Crippen molar-refractivity contribution in [1.82, 2.24) is 4.90 Å². The number of halogens is 2. The second-order valence-electron chi connectivity index (χ2n) is 8.03. The van der Waals surface area contributed by atoms with E-state index in [1.54, 1.807) is 48.4 Å². The van der Waals surface area contributed by atoms with Crippen molar-refractivity contribution in [3.8, 4) is 11.5 Å². The van der Waals surface area contributed by atoms with Crippen molar-refractivity contribution in [3.63, 3.8) is 0 Å². The van der Waals surface area contributed by atoms with Crippen LogP contribution in [-0.4, -0.2) is 42.1 Å². The van der Waals surface area contributed by atoms with Gasteiger partial charge in [-0.05, 0) is 72.4 Å². The van der Waals surface area contributed by atoms with E-state index in [0.717, 1.165) is 5.56 Å². The molecule has 1 aliphatic heterocycles. The molecule has 0 unspecified atom stereocenters. The van der Waals surface area contributed by atoms with E-state index < -0.39 is 11.9 Å². The Bertz CT molecular complexity index is 1300. The molecule has 7 nitrogen and oxygen atoms in total. The fourth-order valence-electron chi connectivity index (χ4n) is 3.97. The summed E-state index contributed by atoms with van der Waals surface area (Å²) in [4.78, 5) is 29.5. The Morgan fingerprint density at radius 1 is 1.06 bits per heavy atom. The van der Waals surface area contributed by atoms with Gasteiger partial charge in [-0.25, -0.2) is 4.39 Å². The Balaban J connectivity index is 1.63. The van der Waals surface area contributed by atoms with Crippen LogP contribution in [0.4, 0.5) is 15.8 Å². The molecule has 0 spiro atoms. The molecular formula is C26H23ClFN3O4S. The standard InChI is InChI=1S/C26H23ClFN3O4S/c1-34-22-11-6-16(12-23(22)35-2)15-30-21(14-24(32)29-19-5-3-4-17(27)13-19)25(33)31(26(30)36)20-9-7-18(28)8-10-20/h3-13,21H,14-15H2,1-2H3,(H,29,32)/t21-/m1/s1. The monoisotopic (exact) mass is 527 g/mol. The number of ether oxygens (including phenoxy) is 2. The number of thiocarbonyl (C=S) groups is 1. The zero-order valence-corrected chi connectivity index (χ0v) is 21.1. The molecule has 0 saturated carbocycles. The second kappa shape index (κ2) is 10.9. The lowest BCUT2D eigenvalue weighted by molar-refractivity contribution is -0.124. The smallest absolute Gasteiger partial charge is 0.256 e. The third-order valence-corrected chi connectivity index (χ3v) is 6.34. The van der Waals surface area contributed by atoms with Gasteiger partial charge < -0.3 is 19.7 Å². The van der Waals surface area contributed by atoms with E-state index in [1.807, 2.05) is 6.07 Å². The Morgan fingerprint density at radius 3 is 2.44 bits per heavy atom. The van der Waals surface area contributed by atoms with Crippen molar-refractivity contribution in [2.45, 2.75) is 19.0 Å². The maximum Gasteiger partial charge on any atom is 0.256 e. The molecule has 36 heavy (non-hydrogen) atoms. The molecule has 1 heterocycles. The van der Waals surface area contributed by atoms with Gasteiger partial charge in [0.25, 0.3) is 5.91 Å². The van der Waals surface area contributed by atoms with Crippen molar-refractivity contribution in [2.75, 3.05) is 24.4 Å². The number of nitrogens with one attached hydrogen (secondary N) is 1. The van der Waals surface area contributed by atoms with E-state index in [4.69, 9.17) is 33.3 Å². The van der Waals surface area contributed by atoms with Gasteiger partial charge in [-0.2, -0.15) is 0 Å². The van der Waals surface area contributed by atoms with Gasteiger partial charge in [0.15, 0.2) is 16.6 Å². The fraction of sp³-hybridized carbons (Fsp3) is 0.192. The van der Waals surface area contributed by atoms with Crippen molar-refractivity contribution >= 4 is 52.1 Å². The van der Waals surface area contributed by atoms with E-state index in [2.05, 4.69) is 5.32 Å². The molecule has 3 aromatic rings. The number of benzene rings is 3. The molecule has 1 aliphatic rings. The van der Waals surface area contributed by atoms with Crippen LogP contribution < -0.4 is 19.7 Å². The number of carbonyl (C=O) groups is 2. The highest BCUT2D eigenvalue weighted by Crippen LogP contribution is 2.32. The van der Waals surface area contributed by atoms with Crippen molar-refractivity contribution in [1.29, 1.82) is 0 Å². The quantitative estimate of drug-likeness (QED) is 0.414. The third-order valence-electron chi connectivity index (χ3n) is 5.69. The Labute approximate surface area is 218 Å². The largest absolute Gasteiger partial charge is 0.493 e. The van der Waals surface area contributed by atoms with Crippen LogP contribution in [0.15, 0.2) is 66.7 Å². The van der Waals surface area contributed by atoms with E-state index >= 15 is 0 Å². The Kier molecular flexibility index (Phi) is 7.71. The van der Waals surface area contributed by atoms with Crippen molar-refractivity contribution < 1.29 is 23.5 Å². The predicted octanol–water partition coefficient (Wildman–Crippen LogP) is 5.03. The van der Waals surface area contributed by atoms with E-state index in [0.29, 0.717) is 27.9 Å². The first-order valence-electron chi connectivity index (χ1n) is 11.0. The van der Waals surface area contributed by atoms with Crippen LogP contribution in [-0.2, 0) is 16.1 Å². The summed E-state index contributed by atoms with van der Waals surface area (Å²) >= 11 is 11.7. The van der Waals surface area contributed by atoms with Gasteiger partial charge in [0, 0.05) is 17.3 Å². The SMILES string of the molecule is COc1ccc(CN2C(=S)N(c3ccc(F)cc3)C(=O)[C@H]2CC(=O)Nc2cccc(Cl)c2)cc1OC. The summed E-state index contributed by atoms with van der Waals surface area (Å²) in [5.41, 5.74) is 1.73. The van der Waals surface area contributed by atoms with Gasteiger partial charge in [-0.15, -0.1) is 0 Å². The number of nitrogens with zero attached hydrogens (tertiary/aromatic N) is 2. The maximum absolute atomic E-state index is 13.5. The number of rotatable bonds is 8. The topological polar surface area (TPSA) is 71.1 Å². The molecular weight excluding hydrogens is 505 g/mol. The number of hydrogen-bond donors (Lipinski definition) is 1. The van der Waals surface area contributed by atoms with Gasteiger partial charge in [0.2, 0.25) is 5.91 Å². The molecule has 10 heteroatoms. The summed E-state index contributed by atoms with van der Waals surface area (Å²) in [6.45, 7) is 0.234. The first-order chi connectivity index (χ1) is 17.3. The predicted molar refractivity (Wildman–Crippen MR) is 140 cm³/mol. The van der Waals surface area contributed by atoms with Gasteiger partial charge in [-0.3, -0.25) is 14.5 Å². The first-order valence-corrected chi connectivity index (χ1v) is 11.8. The summed E-state index contributed by atoms with van der Waals surface area (Å²) < 4.78 is 24.2. The number of amides is 2. The van der Waals surface area contributed by atoms with E-state index in [9.17, 15) is 14.0 Å². The van der Waals surface area contributed by atoms with Gasteiger partial charge in [0.05, 0.1) is 26.3 Å². The average Bonchev–Trinajstić information content (AvgIpc) is 3.08. The fourth-order valence-corrected chi connectivity index (χ4v) is 4.55. The zero-order chi connectivity index (χ0) is 25.8. The molecule has 2 amide bonds. The lowest BCUT2D eigenvalue weighted by Crippen LogP contribution is -2.37. The minimum absolute atomic E-state index is 0.156. The number of methoxy groups -OCH3 is 2. The first kappa shape index (κ1) is 25.4. The van der Waals surface area contributed by atoms with Crippen LogP contribution >= 0.6 is 23.8 Å². The minimum atomic E-state index is -0.880. The van der Waals surface area contributed by atoms with Gasteiger partial charge in [-0.1, -0.05) is 23.7 Å². The van der Waals surface area contributed by atoms with Crippen molar-refractivity contribution in [3.05, 3.63) is 83.1 Å². The van der Waals surface area contributed by atoms with Crippen LogP contribution in [0.2, 0.25) is 5.02 Å². The van der Waals surface area contributed by atoms with E-state index in [-0.39, 0.29) is 29.9 Å². The van der Waals surface area contributed by atoms with Crippen molar-refractivity contribution in [2.24, 2.45) is 0 Å². The van der Waals surface area contributed by atoms with Crippen LogP contribution in [0.5, 0.6) is 11.5 Å². The molecule has 1 atom stereocenters. The lowest BCUT2D eigenvalue weighted by atomic mass is 10.1. The molecule has 186 valence electrons. The summed E-state index contributed by atoms with van der Waals surface area (Å²) in [6, 6.07) is 16.7. The number of anilines is 2. The molecule has 0 radical (unpaired) electrons. The summed E-state index contributed by atoms with van der Waals surface area (Å²) in [5.74, 6) is -0.107. The Hall–Kier alpha value is -3.69. The van der Waals surface area contributed by atoms with Gasteiger partial charge in [0.1, 0.15) is 11.9 Å². The summed E-state index contributed by atoms with van der Waals surface area (Å²) in [7, 11) is 3.08. The summed E-state index contributed by atoms with van der Waals surface area (Å²) in [5, 5.41) is 3.46. The molecule has 3 aromatic carbocycles. The molecule has 1 fully saturated rings. The van der Waals surface area contributed by atoms with E-state index in [1.165, 1.54) is 36.3 Å². The lowest BCUT2D eigenvalue weighted by Gasteiger charge is -2.24. The third kappa shape index (κ3) is 5.42. The zero-order valence-electron chi connectivity index (χ0n) is 19.5. The number of hydrogen-bond acceptors (Lipinski definition) is 5. The minimum Gasteiger partial charge on any atom is -0.493 e. The maximum atomic E-state index is 13.5. The highest BCUT2D eigenvalue weighted by molar-refractivity contribution is 7.80. The molecule has 0 bridgehead atoms. The van der Waals surface area contributed by atoms with Crippen LogP contribution in [0, 0.1) is 5.82 Å². The molecule has 0 aliphatic carbocycles. The summed E-state index contributed by atoms with van der Waals surface area (Å²) in [6.07, 6.45) is -0.156. The van der Waals surface area contributed by atoms with Crippen LogP contribution in [0.1, 0.15) is 12.0 Å². The Morgan fingerprint density at radius 2 is 1.78 bits per heavy atom.